The Bertz CT molecular complexity index is 1070. The summed E-state index contributed by atoms with van der Waals surface area (Å²) in [5.41, 5.74) is 7.79. The molecule has 1 fully saturated rings. The Hall–Kier alpha value is -3.83. The van der Waals surface area contributed by atoms with Gasteiger partial charge in [0.2, 0.25) is 0 Å². The van der Waals surface area contributed by atoms with Crippen LogP contribution in [0.1, 0.15) is 29.8 Å². The summed E-state index contributed by atoms with van der Waals surface area (Å²) in [4.78, 5) is 12.8. The van der Waals surface area contributed by atoms with Gasteiger partial charge in [-0.05, 0) is 49.6 Å². The fourth-order valence-electron chi connectivity index (χ4n) is 3.83. The van der Waals surface area contributed by atoms with E-state index < -0.39 is 0 Å². The van der Waals surface area contributed by atoms with Crippen LogP contribution in [0.3, 0.4) is 0 Å². The number of carbonyl (C=O) groups is 1. The van der Waals surface area contributed by atoms with Gasteiger partial charge >= 0.3 is 0 Å². The van der Waals surface area contributed by atoms with Crippen molar-refractivity contribution in [3.63, 3.8) is 0 Å². The summed E-state index contributed by atoms with van der Waals surface area (Å²) in [6.07, 6.45) is 4.12. The highest BCUT2D eigenvalue weighted by atomic mass is 16.5. The SMILES string of the molecule is N#CN[C@@H]1CCC(N)C[C@H]1NC(=O)c1cc(-c2ccccc2Oc2ccccc2)[nH]n1. The molecule has 158 valence electrons. The lowest BCUT2D eigenvalue weighted by molar-refractivity contribution is 0.0909. The third-order valence-electron chi connectivity index (χ3n) is 5.42. The average molecular weight is 416 g/mol. The van der Waals surface area contributed by atoms with Gasteiger partial charge in [-0.3, -0.25) is 9.89 Å². The first-order valence-corrected chi connectivity index (χ1v) is 10.2. The molecule has 1 aromatic heterocycles. The van der Waals surface area contributed by atoms with Gasteiger partial charge in [0.05, 0.1) is 17.8 Å². The first-order valence-electron chi connectivity index (χ1n) is 10.2. The maximum Gasteiger partial charge on any atom is 0.272 e. The Morgan fingerprint density at radius 1 is 1.13 bits per heavy atom. The lowest BCUT2D eigenvalue weighted by Crippen LogP contribution is -2.54. The van der Waals surface area contributed by atoms with Crippen LogP contribution in [0.15, 0.2) is 60.7 Å². The molecule has 5 N–H and O–H groups in total. The minimum atomic E-state index is -0.312. The first kappa shape index (κ1) is 20.4. The topological polar surface area (TPSA) is 129 Å². The number of amides is 1. The molecule has 0 aliphatic heterocycles. The Kier molecular flexibility index (Phi) is 6.15. The molecular formula is C23H24N6O2. The second kappa shape index (κ2) is 9.32. The van der Waals surface area contributed by atoms with Crippen LogP contribution in [0.5, 0.6) is 11.5 Å². The zero-order chi connectivity index (χ0) is 21.6. The molecule has 1 saturated carbocycles. The zero-order valence-corrected chi connectivity index (χ0v) is 16.9. The number of nitrogens with zero attached hydrogens (tertiary/aromatic N) is 2. The summed E-state index contributed by atoms with van der Waals surface area (Å²) in [5, 5.41) is 21.8. The van der Waals surface area contributed by atoms with E-state index in [2.05, 4.69) is 20.8 Å². The van der Waals surface area contributed by atoms with Gasteiger partial charge < -0.3 is 21.1 Å². The van der Waals surface area contributed by atoms with Crippen LogP contribution in [-0.2, 0) is 0 Å². The van der Waals surface area contributed by atoms with Crippen molar-refractivity contribution in [1.82, 2.24) is 20.8 Å². The number of para-hydroxylation sites is 2. The molecule has 0 radical (unpaired) electrons. The Balaban J connectivity index is 1.51. The molecule has 0 saturated heterocycles. The van der Waals surface area contributed by atoms with Crippen molar-refractivity contribution in [2.75, 3.05) is 0 Å². The van der Waals surface area contributed by atoms with Crippen LogP contribution in [0.2, 0.25) is 0 Å². The van der Waals surface area contributed by atoms with E-state index >= 15 is 0 Å². The number of H-pyrrole nitrogens is 1. The van der Waals surface area contributed by atoms with E-state index in [1.54, 1.807) is 6.07 Å². The number of rotatable bonds is 6. The van der Waals surface area contributed by atoms with Crippen molar-refractivity contribution in [3.8, 4) is 28.9 Å². The number of nitriles is 1. The number of nitrogens with two attached hydrogens (primary N) is 1. The van der Waals surface area contributed by atoms with Crippen molar-refractivity contribution in [3.05, 3.63) is 66.4 Å². The van der Waals surface area contributed by atoms with Crippen molar-refractivity contribution in [2.24, 2.45) is 5.73 Å². The maximum absolute atomic E-state index is 12.8. The summed E-state index contributed by atoms with van der Waals surface area (Å²) in [6.45, 7) is 0. The number of carbonyl (C=O) groups excluding carboxylic acids is 1. The number of hydrogen-bond donors (Lipinski definition) is 4. The fraction of sp³-hybridized carbons (Fsp3) is 0.261. The number of nitrogens with one attached hydrogen (secondary N) is 3. The highest BCUT2D eigenvalue weighted by Crippen LogP contribution is 2.32. The third-order valence-corrected chi connectivity index (χ3v) is 5.42. The number of ether oxygens (including phenoxy) is 1. The lowest BCUT2D eigenvalue weighted by Gasteiger charge is -2.34. The van der Waals surface area contributed by atoms with Crippen LogP contribution in [-0.4, -0.2) is 34.2 Å². The molecule has 4 rings (SSSR count). The fourth-order valence-corrected chi connectivity index (χ4v) is 3.83. The molecule has 3 atom stereocenters. The molecule has 1 aliphatic carbocycles. The molecule has 1 heterocycles. The molecule has 31 heavy (non-hydrogen) atoms. The molecule has 8 nitrogen and oxygen atoms in total. The maximum atomic E-state index is 12.8. The normalized spacial score (nSPS) is 20.5. The highest BCUT2D eigenvalue weighted by molar-refractivity contribution is 5.93. The minimum Gasteiger partial charge on any atom is -0.457 e. The highest BCUT2D eigenvalue weighted by Gasteiger charge is 2.30. The van der Waals surface area contributed by atoms with Crippen molar-refractivity contribution >= 4 is 5.91 Å². The third kappa shape index (κ3) is 4.85. The molecule has 3 aromatic rings. The van der Waals surface area contributed by atoms with E-state index in [0.29, 0.717) is 17.9 Å². The van der Waals surface area contributed by atoms with E-state index in [0.717, 1.165) is 24.2 Å². The predicted molar refractivity (Wildman–Crippen MR) is 116 cm³/mol. The van der Waals surface area contributed by atoms with Crippen LogP contribution in [0.25, 0.3) is 11.3 Å². The van der Waals surface area contributed by atoms with Gasteiger partial charge in [0.1, 0.15) is 11.5 Å². The summed E-state index contributed by atoms with van der Waals surface area (Å²) in [7, 11) is 0. The van der Waals surface area contributed by atoms with Gasteiger partial charge in [-0.15, -0.1) is 0 Å². The van der Waals surface area contributed by atoms with Crippen molar-refractivity contribution in [1.29, 1.82) is 5.26 Å². The Labute approximate surface area is 180 Å². The number of aromatic nitrogens is 2. The Morgan fingerprint density at radius 2 is 1.90 bits per heavy atom. The number of hydrogen-bond acceptors (Lipinski definition) is 6. The van der Waals surface area contributed by atoms with E-state index in [1.165, 1.54) is 0 Å². The van der Waals surface area contributed by atoms with E-state index in [-0.39, 0.29) is 29.7 Å². The summed E-state index contributed by atoms with van der Waals surface area (Å²) < 4.78 is 6.01. The molecule has 1 amide bonds. The number of benzene rings is 2. The molecule has 8 heteroatoms. The predicted octanol–water partition coefficient (Wildman–Crippen LogP) is 2.92. The smallest absolute Gasteiger partial charge is 0.272 e. The molecule has 0 spiro atoms. The molecular weight excluding hydrogens is 392 g/mol. The van der Waals surface area contributed by atoms with E-state index in [9.17, 15) is 4.79 Å². The van der Waals surface area contributed by atoms with E-state index in [4.69, 9.17) is 15.7 Å². The zero-order valence-electron chi connectivity index (χ0n) is 16.9. The molecule has 2 aromatic carbocycles. The van der Waals surface area contributed by atoms with Crippen LogP contribution >= 0.6 is 0 Å². The monoisotopic (exact) mass is 416 g/mol. The molecule has 1 unspecified atom stereocenters. The van der Waals surface area contributed by atoms with Gasteiger partial charge in [-0.1, -0.05) is 30.3 Å². The molecule has 1 aliphatic rings. The lowest BCUT2D eigenvalue weighted by atomic mass is 9.87. The summed E-state index contributed by atoms with van der Waals surface area (Å²) >= 11 is 0. The Morgan fingerprint density at radius 3 is 2.71 bits per heavy atom. The van der Waals surface area contributed by atoms with Crippen molar-refractivity contribution < 1.29 is 9.53 Å². The summed E-state index contributed by atoms with van der Waals surface area (Å²) in [5.74, 6) is 1.06. The quantitative estimate of drug-likeness (QED) is 0.361. The van der Waals surface area contributed by atoms with Crippen LogP contribution in [0.4, 0.5) is 0 Å². The average Bonchev–Trinajstić information content (AvgIpc) is 3.27. The van der Waals surface area contributed by atoms with Crippen LogP contribution < -0.4 is 21.1 Å². The van der Waals surface area contributed by atoms with Gasteiger partial charge in [0.25, 0.3) is 5.91 Å². The minimum absolute atomic E-state index is 0.00111. The van der Waals surface area contributed by atoms with Gasteiger partial charge in [-0.2, -0.15) is 10.4 Å². The van der Waals surface area contributed by atoms with Gasteiger partial charge in [0, 0.05) is 11.6 Å². The van der Waals surface area contributed by atoms with Gasteiger partial charge in [-0.25, -0.2) is 0 Å². The second-order valence-electron chi connectivity index (χ2n) is 7.59. The summed E-state index contributed by atoms with van der Waals surface area (Å²) in [6, 6.07) is 18.4. The number of aromatic amines is 1. The first-order chi connectivity index (χ1) is 15.1. The standard InChI is InChI=1S/C23H24N6O2/c24-14-26-18-11-10-15(25)12-20(18)27-23(30)21-13-19(28-29-21)17-8-4-5-9-22(17)31-16-6-2-1-3-7-16/h1-9,13,15,18,20,26H,10-12,25H2,(H,27,30)(H,28,29)/t15?,18-,20-/m1/s1. The van der Waals surface area contributed by atoms with Crippen molar-refractivity contribution in [2.45, 2.75) is 37.4 Å². The largest absolute Gasteiger partial charge is 0.457 e. The van der Waals surface area contributed by atoms with Gasteiger partial charge in [0.15, 0.2) is 11.9 Å². The molecule has 0 bridgehead atoms. The van der Waals surface area contributed by atoms with Crippen LogP contribution in [0, 0.1) is 11.5 Å². The van der Waals surface area contributed by atoms with E-state index in [1.807, 2.05) is 60.8 Å². The second-order valence-corrected chi connectivity index (χ2v) is 7.59.